The number of benzene rings is 1. The van der Waals surface area contributed by atoms with Crippen LogP contribution in [0, 0.1) is 24.7 Å². The van der Waals surface area contributed by atoms with Gasteiger partial charge in [-0.25, -0.2) is 0 Å². The molecule has 0 spiro atoms. The summed E-state index contributed by atoms with van der Waals surface area (Å²) >= 11 is 0. The quantitative estimate of drug-likeness (QED) is 0.785. The van der Waals surface area contributed by atoms with Gasteiger partial charge in [-0.05, 0) is 61.8 Å². The lowest BCUT2D eigenvalue weighted by atomic mass is 9.93. The lowest BCUT2D eigenvalue weighted by Gasteiger charge is -2.18. The standard InChI is InChI=1S/C21H25N3O2/c1-13-19(21(24-23-13)15-5-7-18(26-2)8-6-15)11-20(25)22-12-17-10-14-3-4-16(17)9-14/h3-8,14,16-17H,9-12H2,1-2H3,(H,22,25)(H,23,24)/t14-,16-,17-/m0/s1. The van der Waals surface area contributed by atoms with Gasteiger partial charge in [0.15, 0.2) is 0 Å². The molecule has 2 aromatic rings. The minimum absolute atomic E-state index is 0.0658. The molecule has 2 bridgehead atoms. The molecule has 1 aromatic heterocycles. The van der Waals surface area contributed by atoms with Crippen LogP contribution in [0.5, 0.6) is 5.75 Å². The van der Waals surface area contributed by atoms with Crippen molar-refractivity contribution in [2.75, 3.05) is 13.7 Å². The fourth-order valence-electron chi connectivity index (χ4n) is 4.25. The van der Waals surface area contributed by atoms with Gasteiger partial charge in [0.1, 0.15) is 5.75 Å². The van der Waals surface area contributed by atoms with E-state index in [2.05, 4.69) is 27.7 Å². The predicted molar refractivity (Wildman–Crippen MR) is 101 cm³/mol. The molecule has 0 radical (unpaired) electrons. The Kier molecular flexibility index (Phi) is 4.53. The van der Waals surface area contributed by atoms with Crippen LogP contribution in [0.15, 0.2) is 36.4 Å². The number of nitrogens with zero attached hydrogens (tertiary/aromatic N) is 1. The molecule has 3 atom stereocenters. The van der Waals surface area contributed by atoms with Gasteiger partial charge in [0.05, 0.1) is 19.2 Å². The molecule has 2 aliphatic carbocycles. The third kappa shape index (κ3) is 3.26. The van der Waals surface area contributed by atoms with E-state index in [0.29, 0.717) is 18.3 Å². The van der Waals surface area contributed by atoms with Gasteiger partial charge in [0.25, 0.3) is 0 Å². The van der Waals surface area contributed by atoms with E-state index in [-0.39, 0.29) is 5.91 Å². The van der Waals surface area contributed by atoms with E-state index >= 15 is 0 Å². The van der Waals surface area contributed by atoms with E-state index in [9.17, 15) is 4.79 Å². The molecule has 5 heteroatoms. The minimum atomic E-state index is 0.0658. The molecule has 136 valence electrons. The zero-order chi connectivity index (χ0) is 18.1. The van der Waals surface area contributed by atoms with Crippen molar-refractivity contribution in [1.82, 2.24) is 15.5 Å². The number of methoxy groups -OCH3 is 1. The smallest absolute Gasteiger partial charge is 0.224 e. The number of aryl methyl sites for hydroxylation is 1. The Labute approximate surface area is 153 Å². The van der Waals surface area contributed by atoms with Crippen molar-refractivity contribution in [3.63, 3.8) is 0 Å². The monoisotopic (exact) mass is 351 g/mol. The van der Waals surface area contributed by atoms with Crippen LogP contribution in [-0.2, 0) is 11.2 Å². The SMILES string of the molecule is COc1ccc(-c2n[nH]c(C)c2CC(=O)NC[C@@H]2C[C@H]3C=C[C@H]2C3)cc1. The Morgan fingerprint density at radius 2 is 2.08 bits per heavy atom. The number of ether oxygens (including phenoxy) is 1. The average Bonchev–Trinajstić information content (AvgIpc) is 3.37. The third-order valence-corrected chi connectivity index (χ3v) is 5.75. The van der Waals surface area contributed by atoms with E-state index in [4.69, 9.17) is 4.74 Å². The highest BCUT2D eigenvalue weighted by molar-refractivity contribution is 5.81. The Morgan fingerprint density at radius 1 is 1.27 bits per heavy atom. The molecule has 1 saturated carbocycles. The molecule has 2 N–H and O–H groups in total. The molecule has 0 unspecified atom stereocenters. The van der Waals surface area contributed by atoms with Crippen molar-refractivity contribution in [2.24, 2.45) is 17.8 Å². The molecular formula is C21H25N3O2. The van der Waals surface area contributed by atoms with Crippen molar-refractivity contribution in [1.29, 1.82) is 0 Å². The van der Waals surface area contributed by atoms with E-state index < -0.39 is 0 Å². The van der Waals surface area contributed by atoms with Crippen molar-refractivity contribution < 1.29 is 9.53 Å². The Hall–Kier alpha value is -2.56. The molecule has 1 fully saturated rings. The van der Waals surface area contributed by atoms with Gasteiger partial charge in [-0.1, -0.05) is 12.2 Å². The first kappa shape index (κ1) is 16.9. The van der Waals surface area contributed by atoms with Gasteiger partial charge in [0, 0.05) is 23.4 Å². The maximum atomic E-state index is 12.5. The first-order chi connectivity index (χ1) is 12.6. The Morgan fingerprint density at radius 3 is 2.73 bits per heavy atom. The number of aromatic nitrogens is 2. The van der Waals surface area contributed by atoms with E-state index in [1.807, 2.05) is 31.2 Å². The van der Waals surface area contributed by atoms with Gasteiger partial charge in [-0.3, -0.25) is 9.89 Å². The summed E-state index contributed by atoms with van der Waals surface area (Å²) in [4.78, 5) is 12.5. The van der Waals surface area contributed by atoms with Gasteiger partial charge in [-0.2, -0.15) is 5.10 Å². The highest BCUT2D eigenvalue weighted by atomic mass is 16.5. The lowest BCUT2D eigenvalue weighted by Crippen LogP contribution is -2.32. The van der Waals surface area contributed by atoms with Crippen LogP contribution in [0.3, 0.4) is 0 Å². The third-order valence-electron chi connectivity index (χ3n) is 5.75. The molecule has 5 nitrogen and oxygen atoms in total. The van der Waals surface area contributed by atoms with Crippen LogP contribution in [0.4, 0.5) is 0 Å². The van der Waals surface area contributed by atoms with Crippen molar-refractivity contribution in [2.45, 2.75) is 26.2 Å². The van der Waals surface area contributed by atoms with E-state index in [1.54, 1.807) is 7.11 Å². The Balaban J connectivity index is 1.41. The summed E-state index contributed by atoms with van der Waals surface area (Å²) in [6.07, 6.45) is 7.48. The van der Waals surface area contributed by atoms with Crippen LogP contribution in [0.1, 0.15) is 24.1 Å². The number of nitrogens with one attached hydrogen (secondary N) is 2. The number of hydrogen-bond donors (Lipinski definition) is 2. The number of hydrogen-bond acceptors (Lipinski definition) is 3. The second-order valence-corrected chi connectivity index (χ2v) is 7.43. The number of allylic oxidation sites excluding steroid dienone is 2. The molecule has 26 heavy (non-hydrogen) atoms. The van der Waals surface area contributed by atoms with E-state index in [1.165, 1.54) is 12.8 Å². The summed E-state index contributed by atoms with van der Waals surface area (Å²) in [5.74, 6) is 2.86. The van der Waals surface area contributed by atoms with Crippen LogP contribution in [-0.4, -0.2) is 29.8 Å². The number of carbonyl (C=O) groups is 1. The topological polar surface area (TPSA) is 67.0 Å². The van der Waals surface area contributed by atoms with Gasteiger partial charge < -0.3 is 10.1 Å². The molecule has 0 saturated heterocycles. The highest BCUT2D eigenvalue weighted by Gasteiger charge is 2.35. The second-order valence-electron chi connectivity index (χ2n) is 7.43. The molecule has 1 amide bonds. The molecule has 0 aliphatic heterocycles. The van der Waals surface area contributed by atoms with Crippen LogP contribution in [0.25, 0.3) is 11.3 Å². The fourth-order valence-corrected chi connectivity index (χ4v) is 4.25. The van der Waals surface area contributed by atoms with Crippen LogP contribution < -0.4 is 10.1 Å². The summed E-state index contributed by atoms with van der Waals surface area (Å²) in [6, 6.07) is 7.76. The minimum Gasteiger partial charge on any atom is -0.497 e. The number of rotatable bonds is 6. The number of amides is 1. The number of fused-ring (bicyclic) bond motifs is 2. The largest absolute Gasteiger partial charge is 0.497 e. The summed E-state index contributed by atoms with van der Waals surface area (Å²) in [6.45, 7) is 2.74. The fraction of sp³-hybridized carbons (Fsp3) is 0.429. The predicted octanol–water partition coefficient (Wildman–Crippen LogP) is 3.26. The average molecular weight is 351 g/mol. The van der Waals surface area contributed by atoms with E-state index in [0.717, 1.165) is 40.7 Å². The summed E-state index contributed by atoms with van der Waals surface area (Å²) < 4.78 is 5.21. The number of H-pyrrole nitrogens is 1. The zero-order valence-corrected chi connectivity index (χ0v) is 15.3. The van der Waals surface area contributed by atoms with Crippen molar-refractivity contribution in [3.8, 4) is 17.0 Å². The van der Waals surface area contributed by atoms with Gasteiger partial charge in [0.2, 0.25) is 5.91 Å². The first-order valence-corrected chi connectivity index (χ1v) is 9.27. The molecule has 2 aliphatic rings. The maximum absolute atomic E-state index is 12.5. The summed E-state index contributed by atoms with van der Waals surface area (Å²) in [5.41, 5.74) is 3.72. The number of carbonyl (C=O) groups excluding carboxylic acids is 1. The summed E-state index contributed by atoms with van der Waals surface area (Å²) in [7, 11) is 1.65. The maximum Gasteiger partial charge on any atom is 0.224 e. The normalized spacial score (nSPS) is 23.4. The summed E-state index contributed by atoms with van der Waals surface area (Å²) in [5, 5.41) is 10.6. The molecular weight excluding hydrogens is 326 g/mol. The Bertz CT molecular complexity index is 822. The first-order valence-electron chi connectivity index (χ1n) is 9.27. The zero-order valence-electron chi connectivity index (χ0n) is 15.3. The van der Waals surface area contributed by atoms with Crippen LogP contribution in [0.2, 0.25) is 0 Å². The van der Waals surface area contributed by atoms with Crippen LogP contribution >= 0.6 is 0 Å². The van der Waals surface area contributed by atoms with Crippen molar-refractivity contribution in [3.05, 3.63) is 47.7 Å². The molecule has 1 aromatic carbocycles. The number of aromatic amines is 1. The lowest BCUT2D eigenvalue weighted by molar-refractivity contribution is -0.120. The second kappa shape index (κ2) is 6.98. The molecule has 1 heterocycles. The van der Waals surface area contributed by atoms with Gasteiger partial charge in [-0.15, -0.1) is 0 Å². The highest BCUT2D eigenvalue weighted by Crippen LogP contribution is 2.42. The molecule has 4 rings (SSSR count). The van der Waals surface area contributed by atoms with Crippen molar-refractivity contribution >= 4 is 5.91 Å². The van der Waals surface area contributed by atoms with Gasteiger partial charge >= 0.3 is 0 Å².